The Balaban J connectivity index is 0. The summed E-state index contributed by atoms with van der Waals surface area (Å²) in [6.45, 7) is 11.9. The van der Waals surface area contributed by atoms with Gasteiger partial charge in [-0.1, -0.05) is 33.3 Å². The van der Waals surface area contributed by atoms with Crippen molar-refractivity contribution >= 4 is 16.1 Å². The molecule has 0 rings (SSSR count). The van der Waals surface area contributed by atoms with E-state index in [1.807, 2.05) is 6.92 Å². The van der Waals surface area contributed by atoms with Gasteiger partial charge in [0.2, 0.25) is 6.23 Å². The number of esters is 1. The Hall–Kier alpha value is -1.13. The van der Waals surface area contributed by atoms with Crippen molar-refractivity contribution in [2.75, 3.05) is 20.1 Å². The van der Waals surface area contributed by atoms with Crippen LogP contribution in [0.15, 0.2) is 12.7 Å². The van der Waals surface area contributed by atoms with Gasteiger partial charge in [0.1, 0.15) is 0 Å². The Labute approximate surface area is 148 Å². The highest BCUT2D eigenvalue weighted by molar-refractivity contribution is 7.86. The van der Waals surface area contributed by atoms with Crippen molar-refractivity contribution in [2.24, 2.45) is 0 Å². The molecule has 1 unspecified atom stereocenters. The molecule has 25 heavy (non-hydrogen) atoms. The third-order valence-corrected chi connectivity index (χ3v) is 4.23. The monoisotopic (exact) mass is 391 g/mol. The van der Waals surface area contributed by atoms with Crippen molar-refractivity contribution in [1.29, 1.82) is 0 Å². The predicted octanol–water partition coefficient (Wildman–Crippen LogP) is 3.16. The minimum absolute atomic E-state index is 0.0985. The lowest BCUT2D eigenvalue weighted by Crippen LogP contribution is -2.53. The fraction of sp³-hybridized carbons (Fsp3) is 0.800. The number of alkyl halides is 3. The molecule has 0 aromatic carbocycles. The van der Waals surface area contributed by atoms with Crippen LogP contribution in [0.2, 0.25) is 0 Å². The minimum atomic E-state index is -6.09. The Kier molecular flexibility index (Phi) is 12.0. The summed E-state index contributed by atoms with van der Waals surface area (Å²) in [5.41, 5.74) is -5.65. The lowest BCUT2D eigenvalue weighted by atomic mass is 10.2. The molecule has 0 aliphatic rings. The van der Waals surface area contributed by atoms with Crippen molar-refractivity contribution in [3.05, 3.63) is 12.7 Å². The number of nitrogens with zero attached hydrogens (tertiary/aromatic N) is 1. The minimum Gasteiger partial charge on any atom is -0.741 e. The predicted molar refractivity (Wildman–Crippen MR) is 87.2 cm³/mol. The number of quaternary nitrogens is 1. The SMILES string of the molecule is C=CC(=O)OC(C)[N+](C)(CCCC)CCCC.O=S(=O)([O-])C(F)(F)F. The van der Waals surface area contributed by atoms with Gasteiger partial charge in [-0.2, -0.15) is 13.2 Å². The molecule has 0 fully saturated rings. The van der Waals surface area contributed by atoms with E-state index in [2.05, 4.69) is 27.5 Å². The van der Waals surface area contributed by atoms with Gasteiger partial charge in [0.25, 0.3) is 0 Å². The van der Waals surface area contributed by atoms with E-state index >= 15 is 0 Å². The van der Waals surface area contributed by atoms with Crippen LogP contribution in [0.1, 0.15) is 46.5 Å². The van der Waals surface area contributed by atoms with Gasteiger partial charge in [-0.05, 0) is 12.8 Å². The smallest absolute Gasteiger partial charge is 0.485 e. The highest BCUT2D eigenvalue weighted by Gasteiger charge is 2.37. The van der Waals surface area contributed by atoms with Gasteiger partial charge in [0.05, 0.1) is 20.1 Å². The van der Waals surface area contributed by atoms with Crippen LogP contribution in [-0.2, 0) is 19.6 Å². The summed E-state index contributed by atoms with van der Waals surface area (Å²) in [4.78, 5) is 11.3. The summed E-state index contributed by atoms with van der Waals surface area (Å²) in [6.07, 6.45) is 5.80. The van der Waals surface area contributed by atoms with E-state index in [4.69, 9.17) is 17.7 Å². The summed E-state index contributed by atoms with van der Waals surface area (Å²) in [6, 6.07) is 0. The molecule has 0 aromatic rings. The second-order valence-electron chi connectivity index (χ2n) is 5.77. The average molecular weight is 391 g/mol. The molecule has 0 heterocycles. The second kappa shape index (κ2) is 11.5. The molecule has 0 aliphatic carbocycles. The molecule has 150 valence electrons. The molecule has 1 atom stereocenters. The first-order valence-corrected chi connectivity index (χ1v) is 9.35. The van der Waals surface area contributed by atoms with Gasteiger partial charge in [0, 0.05) is 13.0 Å². The normalized spacial score (nSPS) is 13.4. The topological polar surface area (TPSA) is 83.5 Å². The Bertz CT molecular complexity index is 498. The lowest BCUT2D eigenvalue weighted by Gasteiger charge is -2.39. The quantitative estimate of drug-likeness (QED) is 0.151. The zero-order valence-electron chi connectivity index (χ0n) is 15.1. The van der Waals surface area contributed by atoms with Gasteiger partial charge < -0.3 is 9.29 Å². The van der Waals surface area contributed by atoms with Gasteiger partial charge in [-0.15, -0.1) is 0 Å². The number of hydrogen-bond acceptors (Lipinski definition) is 5. The van der Waals surface area contributed by atoms with Crippen molar-refractivity contribution in [2.45, 2.75) is 58.2 Å². The number of carbonyl (C=O) groups is 1. The molecule has 10 heteroatoms. The lowest BCUT2D eigenvalue weighted by molar-refractivity contribution is -0.950. The molecular formula is C15H28F3NO5S. The highest BCUT2D eigenvalue weighted by atomic mass is 32.2. The fourth-order valence-electron chi connectivity index (χ4n) is 1.86. The molecule has 0 saturated carbocycles. The highest BCUT2D eigenvalue weighted by Crippen LogP contribution is 2.20. The standard InChI is InChI=1S/C14H28NO2.CHF3O3S/c1-6-9-11-15(5,12-10-7-2)13(4)17-14(16)8-3;2-1(3,4)8(5,6)7/h8,13H,3,6-7,9-12H2,1-2,4-5H3;(H,5,6,7)/q+1;/p-1. The van der Waals surface area contributed by atoms with E-state index in [1.54, 1.807) is 0 Å². The summed E-state index contributed by atoms with van der Waals surface area (Å²) in [7, 11) is -3.92. The van der Waals surface area contributed by atoms with Crippen molar-refractivity contribution in [3.63, 3.8) is 0 Å². The molecule has 6 nitrogen and oxygen atoms in total. The fourth-order valence-corrected chi connectivity index (χ4v) is 1.86. The van der Waals surface area contributed by atoms with Gasteiger partial charge in [-0.3, -0.25) is 4.48 Å². The largest absolute Gasteiger partial charge is 0.741 e. The Morgan fingerprint density at radius 2 is 1.60 bits per heavy atom. The van der Waals surface area contributed by atoms with Crippen LogP contribution in [0.5, 0.6) is 0 Å². The number of halogens is 3. The molecule has 0 radical (unpaired) electrons. The number of rotatable bonds is 9. The van der Waals surface area contributed by atoms with Crippen LogP contribution in [0, 0.1) is 0 Å². The van der Waals surface area contributed by atoms with Gasteiger partial charge in [-0.25, -0.2) is 13.2 Å². The third kappa shape index (κ3) is 11.2. The van der Waals surface area contributed by atoms with E-state index in [0.29, 0.717) is 0 Å². The zero-order chi connectivity index (χ0) is 20.3. The number of ether oxygens (including phenoxy) is 1. The van der Waals surface area contributed by atoms with Crippen molar-refractivity contribution < 1.29 is 40.2 Å². The van der Waals surface area contributed by atoms with Crippen LogP contribution in [0.3, 0.4) is 0 Å². The number of unbranched alkanes of at least 4 members (excludes halogenated alkanes) is 2. The van der Waals surface area contributed by atoms with E-state index in [9.17, 15) is 18.0 Å². The first-order valence-electron chi connectivity index (χ1n) is 7.94. The summed E-state index contributed by atoms with van der Waals surface area (Å²) < 4.78 is 65.1. The zero-order valence-corrected chi connectivity index (χ0v) is 16.0. The van der Waals surface area contributed by atoms with E-state index < -0.39 is 15.6 Å². The maximum absolute atomic E-state index is 11.3. The van der Waals surface area contributed by atoms with Crippen LogP contribution in [0.4, 0.5) is 13.2 Å². The van der Waals surface area contributed by atoms with Crippen LogP contribution in [0.25, 0.3) is 0 Å². The maximum Gasteiger partial charge on any atom is 0.485 e. The summed E-state index contributed by atoms with van der Waals surface area (Å²) in [5, 5.41) is 0. The van der Waals surface area contributed by atoms with Crippen LogP contribution in [-0.4, -0.2) is 55.3 Å². The third-order valence-electron chi connectivity index (χ3n) is 3.66. The molecule has 0 aliphatic heterocycles. The van der Waals surface area contributed by atoms with Crippen LogP contribution < -0.4 is 0 Å². The Morgan fingerprint density at radius 1 is 1.24 bits per heavy atom. The molecule has 0 bridgehead atoms. The molecule has 0 saturated heterocycles. The van der Waals surface area contributed by atoms with Crippen molar-refractivity contribution in [3.8, 4) is 0 Å². The van der Waals surface area contributed by atoms with E-state index in [-0.39, 0.29) is 12.2 Å². The van der Waals surface area contributed by atoms with Gasteiger partial charge >= 0.3 is 11.5 Å². The van der Waals surface area contributed by atoms with E-state index in [1.165, 1.54) is 18.9 Å². The molecule has 0 aromatic heterocycles. The first kappa shape index (κ1) is 26.1. The van der Waals surface area contributed by atoms with Crippen molar-refractivity contribution in [1.82, 2.24) is 0 Å². The average Bonchev–Trinajstić information content (AvgIpc) is 2.49. The molecular weight excluding hydrogens is 363 g/mol. The molecule has 0 amide bonds. The molecule has 0 N–H and O–H groups in total. The Morgan fingerprint density at radius 3 is 1.84 bits per heavy atom. The maximum atomic E-state index is 11.3. The van der Waals surface area contributed by atoms with Crippen LogP contribution >= 0.6 is 0 Å². The van der Waals surface area contributed by atoms with E-state index in [0.717, 1.165) is 30.4 Å². The summed E-state index contributed by atoms with van der Waals surface area (Å²) >= 11 is 0. The summed E-state index contributed by atoms with van der Waals surface area (Å²) in [5.74, 6) is -0.324. The first-order chi connectivity index (χ1) is 11.2. The number of hydrogen-bond donors (Lipinski definition) is 0. The van der Waals surface area contributed by atoms with Gasteiger partial charge in [0.15, 0.2) is 10.1 Å². The second-order valence-corrected chi connectivity index (χ2v) is 7.15. The molecule has 0 spiro atoms. The number of carbonyl (C=O) groups excluding carboxylic acids is 1.